The molecule has 0 aromatic rings. The number of rotatable bonds is 6. The molecule has 0 rings (SSSR count). The second kappa shape index (κ2) is 6.98. The predicted octanol–water partition coefficient (Wildman–Crippen LogP) is -2.09. The number of nitrogens with two attached hydrogens (primary N) is 2. The van der Waals surface area contributed by atoms with E-state index in [0.717, 1.165) is 0 Å². The van der Waals surface area contributed by atoms with Crippen molar-refractivity contribution in [1.29, 1.82) is 0 Å². The Kier molecular flexibility index (Phi) is 6.88. The summed E-state index contributed by atoms with van der Waals surface area (Å²) in [4.78, 5) is 0. The van der Waals surface area contributed by atoms with Crippen LogP contribution in [0.4, 0.5) is 0 Å². The van der Waals surface area contributed by atoms with E-state index >= 15 is 0 Å². The fourth-order valence-corrected chi connectivity index (χ4v) is 0.386. The van der Waals surface area contributed by atoms with Crippen LogP contribution in [-0.4, -0.2) is 38.6 Å². The van der Waals surface area contributed by atoms with Gasteiger partial charge in [0.05, 0.1) is 0 Å². The van der Waals surface area contributed by atoms with Gasteiger partial charge >= 0.3 is 7.32 Å². The molecule has 6 heteroatoms. The van der Waals surface area contributed by atoms with Gasteiger partial charge in [-0.25, -0.2) is 0 Å². The molecule has 0 aromatic heterocycles. The van der Waals surface area contributed by atoms with E-state index in [0.29, 0.717) is 13.1 Å². The van der Waals surface area contributed by atoms with E-state index in [9.17, 15) is 0 Å². The highest BCUT2D eigenvalue weighted by Gasteiger charge is 2.13. The maximum Gasteiger partial charge on any atom is 0.636 e. The van der Waals surface area contributed by atoms with Crippen LogP contribution >= 0.6 is 0 Å². The molecule has 0 aliphatic rings. The van der Waals surface area contributed by atoms with Gasteiger partial charge in [0.15, 0.2) is 0 Å². The van der Waals surface area contributed by atoms with Crippen LogP contribution in [-0.2, 0) is 9.31 Å². The van der Waals surface area contributed by atoms with Crippen molar-refractivity contribution in [3.8, 4) is 0 Å². The maximum absolute atomic E-state index is 8.76. The molecule has 60 valence electrons. The highest BCUT2D eigenvalue weighted by molar-refractivity contribution is 6.34. The largest absolute Gasteiger partial charge is 0.636 e. The summed E-state index contributed by atoms with van der Waals surface area (Å²) in [6.45, 7) is 1.30. The van der Waals surface area contributed by atoms with Crippen molar-refractivity contribution < 1.29 is 14.3 Å². The third kappa shape index (κ3) is 5.99. The van der Waals surface area contributed by atoms with Crippen molar-refractivity contribution in [2.24, 2.45) is 11.5 Å². The molecule has 0 amide bonds. The summed E-state index contributed by atoms with van der Waals surface area (Å²) in [7, 11) is -1.19. The summed E-state index contributed by atoms with van der Waals surface area (Å²) in [5.41, 5.74) is 10.2. The van der Waals surface area contributed by atoms with Crippen molar-refractivity contribution >= 4 is 7.32 Å². The molecular weight excluding hydrogens is 135 g/mol. The summed E-state index contributed by atoms with van der Waals surface area (Å²) in [5.74, 6) is 0. The van der Waals surface area contributed by atoms with Gasteiger partial charge in [-0.2, -0.15) is 0 Å². The topological polar surface area (TPSA) is 90.7 Å². The van der Waals surface area contributed by atoms with Crippen LogP contribution in [0.2, 0.25) is 0 Å². The maximum atomic E-state index is 8.76. The lowest BCUT2D eigenvalue weighted by Gasteiger charge is -2.05. The zero-order chi connectivity index (χ0) is 7.82. The van der Waals surface area contributed by atoms with E-state index < -0.39 is 7.32 Å². The zero-order valence-corrected chi connectivity index (χ0v) is 5.82. The van der Waals surface area contributed by atoms with Gasteiger partial charge in [0.25, 0.3) is 0 Å². The lowest BCUT2D eigenvalue weighted by Crippen LogP contribution is -2.28. The van der Waals surface area contributed by atoms with Crippen molar-refractivity contribution in [2.45, 2.75) is 0 Å². The van der Waals surface area contributed by atoms with E-state index in [1.807, 2.05) is 0 Å². The highest BCUT2D eigenvalue weighted by Crippen LogP contribution is 1.81. The zero-order valence-electron chi connectivity index (χ0n) is 5.82. The fourth-order valence-electron chi connectivity index (χ4n) is 0.386. The molecule has 0 spiro atoms. The predicted molar refractivity (Wildman–Crippen MR) is 38.0 cm³/mol. The summed E-state index contributed by atoms with van der Waals surface area (Å²) in [6, 6.07) is 0. The molecule has 0 aliphatic heterocycles. The Morgan fingerprint density at radius 1 is 1.10 bits per heavy atom. The van der Waals surface area contributed by atoms with Gasteiger partial charge in [0, 0.05) is 26.3 Å². The molecule has 0 saturated carbocycles. The SMILES string of the molecule is NCCOB(O)OCCN. The molecule has 0 aromatic carbocycles. The van der Waals surface area contributed by atoms with Gasteiger partial charge in [0.1, 0.15) is 0 Å². The Labute approximate surface area is 60.5 Å². The van der Waals surface area contributed by atoms with Gasteiger partial charge in [-0.3, -0.25) is 0 Å². The fraction of sp³-hybridized carbons (Fsp3) is 1.00. The summed E-state index contributed by atoms with van der Waals surface area (Å²) in [5, 5.41) is 8.76. The smallest absolute Gasteiger partial charge is 0.402 e. The highest BCUT2D eigenvalue weighted by atomic mass is 16.7. The number of hydrogen-bond donors (Lipinski definition) is 3. The minimum atomic E-state index is -1.19. The first-order valence-electron chi connectivity index (χ1n) is 3.12. The lowest BCUT2D eigenvalue weighted by molar-refractivity contribution is 0.140. The van der Waals surface area contributed by atoms with Crippen LogP contribution in [0.3, 0.4) is 0 Å². The second-order valence-corrected chi connectivity index (χ2v) is 1.63. The Hall–Kier alpha value is -0.135. The molecule has 0 aliphatic carbocycles. The van der Waals surface area contributed by atoms with Crippen LogP contribution in [0.1, 0.15) is 0 Å². The van der Waals surface area contributed by atoms with Gasteiger partial charge in [-0.15, -0.1) is 0 Å². The standard InChI is InChI=1S/C4H13BN2O3/c6-1-3-9-5(8)10-4-2-7/h8H,1-4,6-7H2. The van der Waals surface area contributed by atoms with Gasteiger partial charge in [-0.1, -0.05) is 0 Å². The molecular formula is C4H13BN2O3. The first-order chi connectivity index (χ1) is 4.81. The first-order valence-corrected chi connectivity index (χ1v) is 3.12. The van der Waals surface area contributed by atoms with Gasteiger partial charge in [-0.05, 0) is 0 Å². The summed E-state index contributed by atoms with van der Waals surface area (Å²) in [6.07, 6.45) is 0. The molecule has 0 atom stereocenters. The molecule has 5 nitrogen and oxygen atoms in total. The van der Waals surface area contributed by atoms with E-state index in [1.165, 1.54) is 0 Å². The Morgan fingerprint density at radius 2 is 1.50 bits per heavy atom. The van der Waals surface area contributed by atoms with Crippen LogP contribution in [0, 0.1) is 0 Å². The quantitative estimate of drug-likeness (QED) is 0.376. The van der Waals surface area contributed by atoms with Crippen LogP contribution in [0.25, 0.3) is 0 Å². The minimum Gasteiger partial charge on any atom is -0.402 e. The molecule has 0 heterocycles. The first kappa shape index (κ1) is 9.86. The Bertz CT molecular complexity index is 67.5. The second-order valence-electron chi connectivity index (χ2n) is 1.63. The molecule has 10 heavy (non-hydrogen) atoms. The van der Waals surface area contributed by atoms with E-state index in [1.54, 1.807) is 0 Å². The molecule has 0 radical (unpaired) electrons. The molecule has 0 unspecified atom stereocenters. The van der Waals surface area contributed by atoms with Crippen LogP contribution in [0.5, 0.6) is 0 Å². The minimum absolute atomic E-state index is 0.283. The average Bonchev–Trinajstić information content (AvgIpc) is 1.97. The lowest BCUT2D eigenvalue weighted by atomic mass is 10.2. The molecule has 5 N–H and O–H groups in total. The Morgan fingerprint density at radius 3 is 1.80 bits per heavy atom. The normalized spacial score (nSPS) is 9.90. The average molecular weight is 148 g/mol. The summed E-state index contributed by atoms with van der Waals surface area (Å²) >= 11 is 0. The number of hydrogen-bond acceptors (Lipinski definition) is 5. The van der Waals surface area contributed by atoms with Crippen LogP contribution < -0.4 is 11.5 Å². The van der Waals surface area contributed by atoms with Crippen molar-refractivity contribution in [1.82, 2.24) is 0 Å². The van der Waals surface area contributed by atoms with E-state index in [4.69, 9.17) is 16.5 Å². The van der Waals surface area contributed by atoms with Gasteiger partial charge < -0.3 is 25.8 Å². The van der Waals surface area contributed by atoms with Crippen LogP contribution in [0.15, 0.2) is 0 Å². The third-order valence-corrected chi connectivity index (χ3v) is 0.757. The van der Waals surface area contributed by atoms with Crippen molar-refractivity contribution in [3.05, 3.63) is 0 Å². The Balaban J connectivity index is 3.00. The molecule has 0 saturated heterocycles. The third-order valence-electron chi connectivity index (χ3n) is 0.757. The monoisotopic (exact) mass is 148 g/mol. The van der Waals surface area contributed by atoms with Gasteiger partial charge in [0.2, 0.25) is 0 Å². The van der Waals surface area contributed by atoms with E-state index in [2.05, 4.69) is 9.31 Å². The van der Waals surface area contributed by atoms with Crippen molar-refractivity contribution in [2.75, 3.05) is 26.3 Å². The molecule has 0 bridgehead atoms. The van der Waals surface area contributed by atoms with E-state index in [-0.39, 0.29) is 13.2 Å². The molecule has 0 fully saturated rings. The summed E-state index contributed by atoms with van der Waals surface area (Å²) < 4.78 is 9.29. The van der Waals surface area contributed by atoms with Crippen molar-refractivity contribution in [3.63, 3.8) is 0 Å².